The average Bonchev–Trinajstić information content (AvgIpc) is 3.18. The van der Waals surface area contributed by atoms with Gasteiger partial charge >= 0.3 is 0 Å². The fourth-order valence-electron chi connectivity index (χ4n) is 2.51. The van der Waals surface area contributed by atoms with Gasteiger partial charge in [0, 0.05) is 26.3 Å². The fourth-order valence-corrected chi connectivity index (χ4v) is 3.85. The van der Waals surface area contributed by atoms with Crippen molar-refractivity contribution in [2.45, 2.75) is 6.92 Å². The number of rotatable bonds is 5. The molecule has 0 spiro atoms. The lowest BCUT2D eigenvalue weighted by Gasteiger charge is -2.21. The van der Waals surface area contributed by atoms with E-state index in [1.165, 1.54) is 11.3 Å². The number of halogens is 2. The molecule has 26 heavy (non-hydrogen) atoms. The van der Waals surface area contributed by atoms with Crippen LogP contribution in [0.1, 0.15) is 16.1 Å². The van der Waals surface area contributed by atoms with Crippen molar-refractivity contribution >= 4 is 56.6 Å². The highest BCUT2D eigenvalue weighted by Crippen LogP contribution is 2.36. The zero-order valence-electron chi connectivity index (χ0n) is 15.1. The largest absolute Gasteiger partial charge is 0.308 e. The highest BCUT2D eigenvalue weighted by molar-refractivity contribution is 7.23. The highest BCUT2D eigenvalue weighted by atomic mass is 35.5. The Morgan fingerprint density at radius 3 is 2.58 bits per heavy atom. The molecule has 0 aliphatic heterocycles. The quantitative estimate of drug-likeness (QED) is 0.640. The second-order valence-electron chi connectivity index (χ2n) is 6.14. The van der Waals surface area contributed by atoms with E-state index in [9.17, 15) is 4.79 Å². The Morgan fingerprint density at radius 1 is 1.27 bits per heavy atom. The number of aryl methyl sites for hydroxylation is 2. The van der Waals surface area contributed by atoms with Gasteiger partial charge in [-0.25, -0.2) is 4.98 Å². The lowest BCUT2D eigenvalue weighted by atomic mass is 10.2. The van der Waals surface area contributed by atoms with Crippen LogP contribution in [0.2, 0.25) is 5.02 Å². The molecule has 1 aromatic carbocycles. The van der Waals surface area contributed by atoms with Crippen LogP contribution in [0.25, 0.3) is 10.2 Å². The van der Waals surface area contributed by atoms with E-state index in [4.69, 9.17) is 16.6 Å². The first kappa shape index (κ1) is 20.6. The SMILES string of the molecule is Cc1ccc(Cl)c2sc(N(CCN(C)C)C(=O)c3ccnn3C)nc12.Cl. The molecular weight excluding hydrogens is 393 g/mol. The number of anilines is 1. The van der Waals surface area contributed by atoms with Crippen LogP contribution in [-0.4, -0.2) is 52.8 Å². The molecule has 0 aliphatic rings. The number of aromatic nitrogens is 3. The summed E-state index contributed by atoms with van der Waals surface area (Å²) in [4.78, 5) is 21.5. The third-order valence-corrected chi connectivity index (χ3v) is 5.51. The molecule has 0 unspecified atom stereocenters. The lowest BCUT2D eigenvalue weighted by molar-refractivity contribution is 0.0976. The second kappa shape index (κ2) is 8.35. The zero-order valence-corrected chi connectivity index (χ0v) is 17.5. The van der Waals surface area contributed by atoms with Crippen LogP contribution < -0.4 is 4.90 Å². The van der Waals surface area contributed by atoms with Gasteiger partial charge in [-0.15, -0.1) is 12.4 Å². The molecule has 6 nitrogen and oxygen atoms in total. The van der Waals surface area contributed by atoms with Gasteiger partial charge < -0.3 is 4.90 Å². The van der Waals surface area contributed by atoms with Crippen molar-refractivity contribution in [1.29, 1.82) is 0 Å². The van der Waals surface area contributed by atoms with Crippen molar-refractivity contribution in [1.82, 2.24) is 19.7 Å². The number of thiazole rings is 1. The van der Waals surface area contributed by atoms with Crippen molar-refractivity contribution in [3.05, 3.63) is 40.7 Å². The van der Waals surface area contributed by atoms with E-state index in [0.29, 0.717) is 22.4 Å². The summed E-state index contributed by atoms with van der Waals surface area (Å²) in [5.41, 5.74) is 2.42. The first-order chi connectivity index (χ1) is 11.9. The van der Waals surface area contributed by atoms with Gasteiger partial charge in [0.25, 0.3) is 5.91 Å². The van der Waals surface area contributed by atoms with E-state index < -0.39 is 0 Å². The number of nitrogens with zero attached hydrogens (tertiary/aromatic N) is 5. The minimum absolute atomic E-state index is 0. The third-order valence-electron chi connectivity index (χ3n) is 3.97. The van der Waals surface area contributed by atoms with Crippen LogP contribution in [0.15, 0.2) is 24.4 Å². The summed E-state index contributed by atoms with van der Waals surface area (Å²) in [6, 6.07) is 5.53. The molecule has 0 saturated heterocycles. The number of carbonyl (C=O) groups excluding carboxylic acids is 1. The molecule has 1 amide bonds. The first-order valence-electron chi connectivity index (χ1n) is 7.88. The maximum absolute atomic E-state index is 13.1. The number of hydrogen-bond donors (Lipinski definition) is 0. The number of amides is 1. The minimum atomic E-state index is -0.116. The minimum Gasteiger partial charge on any atom is -0.308 e. The summed E-state index contributed by atoms with van der Waals surface area (Å²) in [6.45, 7) is 3.26. The predicted octanol–water partition coefficient (Wildman–Crippen LogP) is 3.62. The van der Waals surface area contributed by atoms with Gasteiger partial charge in [0.15, 0.2) is 5.13 Å². The Labute approximate surface area is 167 Å². The number of hydrogen-bond acceptors (Lipinski definition) is 5. The van der Waals surface area contributed by atoms with Crippen LogP contribution in [0.3, 0.4) is 0 Å². The van der Waals surface area contributed by atoms with Gasteiger partial charge in [-0.1, -0.05) is 29.0 Å². The fraction of sp³-hybridized carbons (Fsp3) is 0.353. The standard InChI is InChI=1S/C17H20ClN5OS.ClH/c1-11-5-6-12(18)15-14(11)20-17(25-15)23(10-9-21(2)3)16(24)13-7-8-19-22(13)4;/h5-8H,9-10H2,1-4H3;1H. The molecule has 2 heterocycles. The van der Waals surface area contributed by atoms with E-state index >= 15 is 0 Å². The van der Waals surface area contributed by atoms with Crippen LogP contribution in [0, 0.1) is 6.92 Å². The first-order valence-corrected chi connectivity index (χ1v) is 9.08. The van der Waals surface area contributed by atoms with Crippen LogP contribution in [0.4, 0.5) is 5.13 Å². The molecule has 0 saturated carbocycles. The smallest absolute Gasteiger partial charge is 0.278 e. The Morgan fingerprint density at radius 2 is 2.00 bits per heavy atom. The third kappa shape index (κ3) is 4.01. The van der Waals surface area contributed by atoms with E-state index in [0.717, 1.165) is 22.3 Å². The molecule has 0 atom stereocenters. The second-order valence-corrected chi connectivity index (χ2v) is 7.52. The van der Waals surface area contributed by atoms with Gasteiger partial charge in [0.1, 0.15) is 5.69 Å². The van der Waals surface area contributed by atoms with Gasteiger partial charge in [0.2, 0.25) is 0 Å². The monoisotopic (exact) mass is 413 g/mol. The summed E-state index contributed by atoms with van der Waals surface area (Å²) in [5, 5.41) is 5.41. The zero-order chi connectivity index (χ0) is 18.1. The van der Waals surface area contributed by atoms with Gasteiger partial charge in [-0.3, -0.25) is 14.4 Å². The molecule has 3 aromatic rings. The number of likely N-dealkylation sites (N-methyl/N-ethyl adjacent to an activating group) is 1. The molecule has 9 heteroatoms. The molecule has 0 bridgehead atoms. The van der Waals surface area contributed by atoms with Gasteiger partial charge in [0.05, 0.1) is 15.2 Å². The van der Waals surface area contributed by atoms with Crippen LogP contribution >= 0.6 is 35.3 Å². The van der Waals surface area contributed by atoms with E-state index in [-0.39, 0.29) is 18.3 Å². The normalized spacial score (nSPS) is 11.0. The van der Waals surface area contributed by atoms with Gasteiger partial charge in [-0.05, 0) is 38.7 Å². The van der Waals surface area contributed by atoms with E-state index in [1.807, 2.05) is 38.1 Å². The Kier molecular flexibility index (Phi) is 6.63. The number of fused-ring (bicyclic) bond motifs is 1. The van der Waals surface area contributed by atoms with Crippen molar-refractivity contribution in [3.8, 4) is 0 Å². The van der Waals surface area contributed by atoms with Crippen LogP contribution in [0.5, 0.6) is 0 Å². The summed E-state index contributed by atoms with van der Waals surface area (Å²) in [5.74, 6) is -0.116. The number of benzene rings is 1. The molecule has 140 valence electrons. The lowest BCUT2D eigenvalue weighted by Crippen LogP contribution is -2.37. The van der Waals surface area contributed by atoms with E-state index in [1.54, 1.807) is 28.9 Å². The Bertz CT molecular complexity index is 882. The topological polar surface area (TPSA) is 54.3 Å². The molecule has 0 aliphatic carbocycles. The van der Waals surface area contributed by atoms with Crippen molar-refractivity contribution in [2.24, 2.45) is 7.05 Å². The Hall–Kier alpha value is -1.67. The maximum Gasteiger partial charge on any atom is 0.278 e. The predicted molar refractivity (Wildman–Crippen MR) is 110 cm³/mol. The maximum atomic E-state index is 13.1. The number of carbonyl (C=O) groups is 1. The van der Waals surface area contributed by atoms with E-state index in [2.05, 4.69) is 5.10 Å². The van der Waals surface area contributed by atoms with Crippen molar-refractivity contribution in [2.75, 3.05) is 32.1 Å². The molecule has 0 N–H and O–H groups in total. The average molecular weight is 414 g/mol. The molecule has 0 fully saturated rings. The summed E-state index contributed by atoms with van der Waals surface area (Å²) in [7, 11) is 5.72. The summed E-state index contributed by atoms with van der Waals surface area (Å²) >= 11 is 7.77. The molecule has 3 rings (SSSR count). The molecular formula is C17H21Cl2N5OS. The molecule has 2 aromatic heterocycles. The summed E-state index contributed by atoms with van der Waals surface area (Å²) < 4.78 is 2.49. The summed E-state index contributed by atoms with van der Waals surface area (Å²) in [6.07, 6.45) is 1.62. The molecule has 0 radical (unpaired) electrons. The van der Waals surface area contributed by atoms with Crippen molar-refractivity contribution in [3.63, 3.8) is 0 Å². The van der Waals surface area contributed by atoms with Gasteiger partial charge in [-0.2, -0.15) is 5.10 Å². The highest BCUT2D eigenvalue weighted by Gasteiger charge is 2.24. The Balaban J connectivity index is 0.00000243. The van der Waals surface area contributed by atoms with Crippen molar-refractivity contribution < 1.29 is 4.79 Å². The van der Waals surface area contributed by atoms with Crippen LogP contribution in [-0.2, 0) is 7.05 Å².